The number of carbonyl (C=O) groups excluding carboxylic acids is 1. The van der Waals surface area contributed by atoms with Crippen LogP contribution in [0, 0.1) is 0 Å². The summed E-state index contributed by atoms with van der Waals surface area (Å²) >= 11 is 0. The molecule has 1 saturated heterocycles. The first kappa shape index (κ1) is 12.1. The molecule has 0 aromatic rings. The first-order chi connectivity index (χ1) is 7.37. The maximum absolute atomic E-state index is 11.0. The number of rotatable bonds is 3. The molecule has 0 aromatic heterocycles. The van der Waals surface area contributed by atoms with Crippen LogP contribution in [-0.2, 0) is 14.0 Å². The number of nitrogens with one attached hydrogen (secondary N) is 1. The van der Waals surface area contributed by atoms with Crippen molar-refractivity contribution < 1.29 is 14.0 Å². The third kappa shape index (κ3) is 2.84. The topological polar surface area (TPSA) is 50.9 Å². The second-order valence-electron chi connectivity index (χ2n) is 5.72. The zero-order chi connectivity index (χ0) is 11.9. The number of amides is 1. The lowest BCUT2D eigenvalue weighted by Crippen LogP contribution is -2.46. The molecule has 92 valence electrons. The van der Waals surface area contributed by atoms with E-state index in [4.69, 9.17) is 9.16 Å². The number of epoxide rings is 1. The van der Waals surface area contributed by atoms with Crippen LogP contribution in [0.5, 0.6) is 0 Å². The van der Waals surface area contributed by atoms with E-state index in [0.717, 1.165) is 12.8 Å². The van der Waals surface area contributed by atoms with Crippen LogP contribution in [0.25, 0.3) is 0 Å². The lowest BCUT2D eigenvalue weighted by atomic mass is 9.93. The maximum atomic E-state index is 11.0. The molecule has 4 nitrogen and oxygen atoms in total. The second-order valence-corrected chi connectivity index (χ2v) is 10.2. The van der Waals surface area contributed by atoms with Gasteiger partial charge in [-0.3, -0.25) is 4.79 Å². The fourth-order valence-corrected chi connectivity index (χ4v) is 3.59. The van der Waals surface area contributed by atoms with Crippen molar-refractivity contribution in [1.82, 2.24) is 5.32 Å². The minimum Gasteiger partial charge on any atom is -0.412 e. The van der Waals surface area contributed by atoms with Crippen molar-refractivity contribution in [2.24, 2.45) is 0 Å². The van der Waals surface area contributed by atoms with Gasteiger partial charge < -0.3 is 14.5 Å². The predicted octanol–water partition coefficient (Wildman–Crippen LogP) is 1.27. The zero-order valence-electron chi connectivity index (χ0n) is 10.4. The first-order valence-corrected chi connectivity index (χ1v) is 9.38. The van der Waals surface area contributed by atoms with Gasteiger partial charge in [0.15, 0.2) is 8.32 Å². The molecule has 0 bridgehead atoms. The van der Waals surface area contributed by atoms with Crippen LogP contribution in [0.4, 0.5) is 0 Å². The maximum Gasteiger partial charge on any atom is 0.217 e. The molecule has 1 aliphatic carbocycles. The van der Waals surface area contributed by atoms with E-state index >= 15 is 0 Å². The normalized spacial score (nSPS) is 37.8. The van der Waals surface area contributed by atoms with Gasteiger partial charge in [-0.25, -0.2) is 0 Å². The standard InChI is InChI=1S/C11H21NO3Si/c1-7(13)12-8-5-6-9(11-10(8)14-11)15-16(2,3)4/h8-11H,5-6H2,1-4H3,(H,12,13). The lowest BCUT2D eigenvalue weighted by Gasteiger charge is -2.30. The van der Waals surface area contributed by atoms with Crippen LogP contribution in [0.2, 0.25) is 19.6 Å². The first-order valence-electron chi connectivity index (χ1n) is 5.97. The van der Waals surface area contributed by atoms with Gasteiger partial charge in [-0.05, 0) is 32.5 Å². The van der Waals surface area contributed by atoms with Gasteiger partial charge in [-0.2, -0.15) is 0 Å². The summed E-state index contributed by atoms with van der Waals surface area (Å²) in [5.41, 5.74) is 0. The molecule has 2 fully saturated rings. The van der Waals surface area contributed by atoms with Crippen molar-refractivity contribution in [2.75, 3.05) is 0 Å². The average Bonchev–Trinajstić information content (AvgIpc) is 2.85. The molecular weight excluding hydrogens is 222 g/mol. The Morgan fingerprint density at radius 3 is 2.56 bits per heavy atom. The quantitative estimate of drug-likeness (QED) is 0.600. The molecule has 0 radical (unpaired) electrons. The minimum atomic E-state index is -1.48. The number of hydrogen-bond acceptors (Lipinski definition) is 3. The van der Waals surface area contributed by atoms with Crippen molar-refractivity contribution in [2.45, 2.75) is 63.8 Å². The minimum absolute atomic E-state index is 0.0313. The van der Waals surface area contributed by atoms with E-state index in [-0.39, 0.29) is 30.3 Å². The van der Waals surface area contributed by atoms with Gasteiger partial charge in [0.1, 0.15) is 12.2 Å². The van der Waals surface area contributed by atoms with Gasteiger partial charge in [0.05, 0.1) is 12.1 Å². The molecule has 0 aromatic carbocycles. The molecule has 2 aliphatic rings. The summed E-state index contributed by atoms with van der Waals surface area (Å²) in [5, 5.41) is 2.95. The Balaban J connectivity index is 1.86. The summed E-state index contributed by atoms with van der Waals surface area (Å²) in [7, 11) is -1.48. The average molecular weight is 243 g/mol. The Morgan fingerprint density at radius 2 is 2.00 bits per heavy atom. The van der Waals surface area contributed by atoms with Gasteiger partial charge in [0.25, 0.3) is 0 Å². The molecule has 1 amide bonds. The van der Waals surface area contributed by atoms with Crippen molar-refractivity contribution in [3.05, 3.63) is 0 Å². The van der Waals surface area contributed by atoms with Crippen LogP contribution in [-0.4, -0.2) is 38.6 Å². The predicted molar refractivity (Wildman–Crippen MR) is 63.7 cm³/mol. The zero-order valence-corrected chi connectivity index (χ0v) is 11.4. The highest BCUT2D eigenvalue weighted by Crippen LogP contribution is 2.39. The highest BCUT2D eigenvalue weighted by atomic mass is 28.4. The third-order valence-corrected chi connectivity index (χ3v) is 3.99. The van der Waals surface area contributed by atoms with Gasteiger partial charge in [0, 0.05) is 6.92 Å². The summed E-state index contributed by atoms with van der Waals surface area (Å²) in [5.74, 6) is 0.0313. The van der Waals surface area contributed by atoms with Crippen molar-refractivity contribution in [3.8, 4) is 0 Å². The van der Waals surface area contributed by atoms with Crippen LogP contribution in [0.15, 0.2) is 0 Å². The van der Waals surface area contributed by atoms with E-state index in [1.54, 1.807) is 6.92 Å². The molecule has 4 atom stereocenters. The Labute approximate surface area is 97.8 Å². The van der Waals surface area contributed by atoms with Crippen LogP contribution in [0.3, 0.4) is 0 Å². The lowest BCUT2D eigenvalue weighted by molar-refractivity contribution is -0.119. The molecule has 1 saturated carbocycles. The Bertz CT molecular complexity index is 289. The molecular formula is C11H21NO3Si. The van der Waals surface area contributed by atoms with E-state index in [2.05, 4.69) is 25.0 Å². The smallest absolute Gasteiger partial charge is 0.217 e. The molecule has 4 unspecified atom stereocenters. The summed E-state index contributed by atoms with van der Waals surface area (Å²) in [4.78, 5) is 11.0. The SMILES string of the molecule is CC(=O)NC1CCC(O[Si](C)(C)C)C2OC12. The number of ether oxygens (including phenoxy) is 1. The summed E-state index contributed by atoms with van der Waals surface area (Å²) in [6.07, 6.45) is 2.63. The fraction of sp³-hybridized carbons (Fsp3) is 0.909. The molecule has 5 heteroatoms. The molecule has 16 heavy (non-hydrogen) atoms. The molecule has 0 spiro atoms. The summed E-state index contributed by atoms with van der Waals surface area (Å²) in [6, 6.07) is 0.198. The van der Waals surface area contributed by atoms with E-state index in [0.29, 0.717) is 0 Å². The monoisotopic (exact) mass is 243 g/mol. The highest BCUT2D eigenvalue weighted by Gasteiger charge is 2.54. The molecule has 1 aliphatic heterocycles. The fourth-order valence-electron chi connectivity index (χ4n) is 2.43. The second kappa shape index (κ2) is 4.12. The summed E-state index contributed by atoms with van der Waals surface area (Å²) < 4.78 is 11.7. The number of fused-ring (bicyclic) bond motifs is 1. The van der Waals surface area contributed by atoms with E-state index in [1.165, 1.54) is 0 Å². The number of hydrogen-bond donors (Lipinski definition) is 1. The Kier molecular flexibility index (Phi) is 3.11. The third-order valence-electron chi connectivity index (χ3n) is 2.98. The highest BCUT2D eigenvalue weighted by molar-refractivity contribution is 6.69. The van der Waals surface area contributed by atoms with Crippen LogP contribution in [0.1, 0.15) is 19.8 Å². The van der Waals surface area contributed by atoms with Gasteiger partial charge >= 0.3 is 0 Å². The van der Waals surface area contributed by atoms with Gasteiger partial charge in [-0.15, -0.1) is 0 Å². The summed E-state index contributed by atoms with van der Waals surface area (Å²) in [6.45, 7) is 8.15. The van der Waals surface area contributed by atoms with Crippen molar-refractivity contribution in [3.63, 3.8) is 0 Å². The van der Waals surface area contributed by atoms with E-state index in [9.17, 15) is 4.79 Å². The Hall–Kier alpha value is -0.393. The van der Waals surface area contributed by atoms with Gasteiger partial charge in [-0.1, -0.05) is 0 Å². The van der Waals surface area contributed by atoms with Gasteiger partial charge in [0.2, 0.25) is 5.91 Å². The molecule has 1 heterocycles. The van der Waals surface area contributed by atoms with E-state index in [1.807, 2.05) is 0 Å². The van der Waals surface area contributed by atoms with Crippen molar-refractivity contribution in [1.29, 1.82) is 0 Å². The van der Waals surface area contributed by atoms with Crippen LogP contribution < -0.4 is 5.32 Å². The molecule has 2 rings (SSSR count). The van der Waals surface area contributed by atoms with Crippen LogP contribution >= 0.6 is 0 Å². The van der Waals surface area contributed by atoms with Crippen molar-refractivity contribution >= 4 is 14.2 Å². The number of carbonyl (C=O) groups is 1. The largest absolute Gasteiger partial charge is 0.412 e. The van der Waals surface area contributed by atoms with E-state index < -0.39 is 8.32 Å². The molecule has 1 N–H and O–H groups in total. The Morgan fingerprint density at radius 1 is 1.31 bits per heavy atom.